The molecule has 2 aromatic rings. The van der Waals surface area contributed by atoms with Crippen LogP contribution in [0.4, 0.5) is 0 Å². The Bertz CT molecular complexity index is 563. The highest BCUT2D eigenvalue weighted by Gasteiger charge is 2.18. The molecule has 1 aromatic carbocycles. The molecule has 3 heteroatoms. The standard InChI is InChI=1S/C14H17NOS/c1-9(16)7-10-5-6-11-12(8-10)17-13(15-11)14(2,3)4/h5-6,8H,7H2,1-4H3. The first-order chi connectivity index (χ1) is 7.86. The Morgan fingerprint density at radius 2 is 2.06 bits per heavy atom. The molecule has 0 bridgehead atoms. The molecule has 0 aliphatic rings. The van der Waals surface area contributed by atoms with Crippen LogP contribution in [0.3, 0.4) is 0 Å². The molecule has 0 radical (unpaired) electrons. The number of ketones is 1. The van der Waals surface area contributed by atoms with E-state index in [4.69, 9.17) is 0 Å². The Labute approximate surface area is 106 Å². The van der Waals surface area contributed by atoms with E-state index in [-0.39, 0.29) is 11.2 Å². The summed E-state index contributed by atoms with van der Waals surface area (Å²) in [4.78, 5) is 15.7. The summed E-state index contributed by atoms with van der Waals surface area (Å²) in [7, 11) is 0. The quantitative estimate of drug-likeness (QED) is 0.809. The van der Waals surface area contributed by atoms with Crippen LogP contribution >= 0.6 is 11.3 Å². The van der Waals surface area contributed by atoms with Crippen LogP contribution in [0.25, 0.3) is 10.2 Å². The van der Waals surface area contributed by atoms with Gasteiger partial charge in [0.05, 0.1) is 15.2 Å². The number of nitrogens with zero attached hydrogens (tertiary/aromatic N) is 1. The second-order valence-corrected chi connectivity index (χ2v) is 6.48. The van der Waals surface area contributed by atoms with Gasteiger partial charge >= 0.3 is 0 Å². The molecule has 0 unspecified atom stereocenters. The van der Waals surface area contributed by atoms with Gasteiger partial charge in [-0.25, -0.2) is 4.98 Å². The smallest absolute Gasteiger partial charge is 0.134 e. The summed E-state index contributed by atoms with van der Waals surface area (Å²) in [6.07, 6.45) is 0.513. The number of fused-ring (bicyclic) bond motifs is 1. The lowest BCUT2D eigenvalue weighted by Gasteiger charge is -2.13. The molecule has 0 fully saturated rings. The average molecular weight is 247 g/mol. The third kappa shape index (κ3) is 2.72. The third-order valence-electron chi connectivity index (χ3n) is 2.55. The van der Waals surface area contributed by atoms with E-state index in [0.717, 1.165) is 16.1 Å². The lowest BCUT2D eigenvalue weighted by Crippen LogP contribution is -2.09. The van der Waals surface area contributed by atoms with Crippen LogP contribution in [0.5, 0.6) is 0 Å². The molecule has 1 aromatic heterocycles. The third-order valence-corrected chi connectivity index (χ3v) is 3.99. The molecule has 1 heterocycles. The highest BCUT2D eigenvalue weighted by atomic mass is 32.1. The number of aromatic nitrogens is 1. The highest BCUT2D eigenvalue weighted by Crippen LogP contribution is 2.31. The van der Waals surface area contributed by atoms with Crippen molar-refractivity contribution in [3.63, 3.8) is 0 Å². The molecule has 0 aliphatic carbocycles. The van der Waals surface area contributed by atoms with Gasteiger partial charge in [-0.1, -0.05) is 26.8 Å². The Balaban J connectivity index is 2.44. The Hall–Kier alpha value is -1.22. The van der Waals surface area contributed by atoms with E-state index in [1.54, 1.807) is 18.3 Å². The first-order valence-electron chi connectivity index (χ1n) is 5.75. The molecule has 90 valence electrons. The molecule has 0 saturated carbocycles. The fourth-order valence-electron chi connectivity index (χ4n) is 1.69. The van der Waals surface area contributed by atoms with Crippen LogP contribution < -0.4 is 0 Å². The molecule has 0 atom stereocenters. The lowest BCUT2D eigenvalue weighted by atomic mass is 9.98. The number of benzene rings is 1. The van der Waals surface area contributed by atoms with Gasteiger partial charge in [-0.2, -0.15) is 0 Å². The van der Waals surface area contributed by atoms with Crippen molar-refractivity contribution in [2.24, 2.45) is 0 Å². The molecule has 0 saturated heterocycles. The fraction of sp³-hybridized carbons (Fsp3) is 0.429. The van der Waals surface area contributed by atoms with E-state index in [1.165, 1.54) is 4.70 Å². The zero-order valence-electron chi connectivity index (χ0n) is 10.7. The van der Waals surface area contributed by atoms with Crippen molar-refractivity contribution in [3.8, 4) is 0 Å². The van der Waals surface area contributed by atoms with E-state index >= 15 is 0 Å². The van der Waals surface area contributed by atoms with Crippen LogP contribution in [0.15, 0.2) is 18.2 Å². The summed E-state index contributed by atoms with van der Waals surface area (Å²) in [6.45, 7) is 8.13. The van der Waals surface area contributed by atoms with E-state index in [0.29, 0.717) is 6.42 Å². The summed E-state index contributed by atoms with van der Waals surface area (Å²) in [5.41, 5.74) is 2.20. The van der Waals surface area contributed by atoms with Gasteiger partial charge in [0, 0.05) is 11.8 Å². The zero-order chi connectivity index (χ0) is 12.6. The maximum Gasteiger partial charge on any atom is 0.134 e. The Morgan fingerprint density at radius 3 is 2.65 bits per heavy atom. The number of Topliss-reactive ketones (excluding diaryl/α,β-unsaturated/α-hetero) is 1. The van der Waals surface area contributed by atoms with Crippen molar-refractivity contribution in [1.82, 2.24) is 4.98 Å². The minimum atomic E-state index is 0.0877. The van der Waals surface area contributed by atoms with Gasteiger partial charge < -0.3 is 0 Å². The van der Waals surface area contributed by atoms with Gasteiger partial charge in [0.15, 0.2) is 0 Å². The monoisotopic (exact) mass is 247 g/mol. The van der Waals surface area contributed by atoms with Crippen LogP contribution in [0.1, 0.15) is 38.3 Å². The number of rotatable bonds is 2. The minimum Gasteiger partial charge on any atom is -0.300 e. The van der Waals surface area contributed by atoms with Gasteiger partial charge in [-0.3, -0.25) is 4.79 Å². The number of carbonyl (C=O) groups excluding carboxylic acids is 1. The van der Waals surface area contributed by atoms with Gasteiger partial charge in [-0.15, -0.1) is 11.3 Å². The molecule has 0 spiro atoms. The molecule has 0 aliphatic heterocycles. The molecule has 0 N–H and O–H groups in total. The second-order valence-electron chi connectivity index (χ2n) is 5.45. The summed E-state index contributed by atoms with van der Waals surface area (Å²) in [6, 6.07) is 6.10. The molecular formula is C14H17NOS. The maximum absolute atomic E-state index is 11.1. The Kier molecular flexibility index (Phi) is 3.04. The summed E-state index contributed by atoms with van der Waals surface area (Å²) in [5.74, 6) is 0.199. The average Bonchev–Trinajstić information content (AvgIpc) is 2.58. The highest BCUT2D eigenvalue weighted by molar-refractivity contribution is 7.18. The van der Waals surface area contributed by atoms with Crippen molar-refractivity contribution >= 4 is 27.3 Å². The van der Waals surface area contributed by atoms with Crippen molar-refractivity contribution in [2.45, 2.75) is 39.5 Å². The van der Waals surface area contributed by atoms with Crippen LogP contribution in [-0.4, -0.2) is 10.8 Å². The van der Waals surface area contributed by atoms with Crippen LogP contribution in [0, 0.1) is 0 Å². The molecular weight excluding hydrogens is 230 g/mol. The molecule has 0 amide bonds. The minimum absolute atomic E-state index is 0.0877. The first-order valence-corrected chi connectivity index (χ1v) is 6.57. The van der Waals surface area contributed by atoms with Gasteiger partial charge in [0.2, 0.25) is 0 Å². The largest absolute Gasteiger partial charge is 0.300 e. The molecule has 2 nitrogen and oxygen atoms in total. The lowest BCUT2D eigenvalue weighted by molar-refractivity contribution is -0.116. The van der Waals surface area contributed by atoms with E-state index in [2.05, 4.69) is 31.8 Å². The van der Waals surface area contributed by atoms with Crippen molar-refractivity contribution < 1.29 is 4.79 Å². The fourth-order valence-corrected chi connectivity index (χ4v) is 2.77. The summed E-state index contributed by atoms with van der Waals surface area (Å²) < 4.78 is 1.17. The normalized spacial score (nSPS) is 12.0. The van der Waals surface area contributed by atoms with Crippen molar-refractivity contribution in [3.05, 3.63) is 28.8 Å². The molecule has 2 rings (SSSR count). The first kappa shape index (κ1) is 12.2. The predicted molar refractivity (Wildman–Crippen MR) is 72.7 cm³/mol. The number of carbonyl (C=O) groups is 1. The summed E-state index contributed by atoms with van der Waals surface area (Å²) in [5, 5.41) is 1.15. The summed E-state index contributed by atoms with van der Waals surface area (Å²) >= 11 is 1.72. The van der Waals surface area contributed by atoms with Crippen LogP contribution in [0.2, 0.25) is 0 Å². The molecule has 17 heavy (non-hydrogen) atoms. The van der Waals surface area contributed by atoms with Crippen LogP contribution in [-0.2, 0) is 16.6 Å². The van der Waals surface area contributed by atoms with Crippen molar-refractivity contribution in [2.75, 3.05) is 0 Å². The number of hydrogen-bond donors (Lipinski definition) is 0. The van der Waals surface area contributed by atoms with Gasteiger partial charge in [0.1, 0.15) is 5.78 Å². The van der Waals surface area contributed by atoms with Gasteiger partial charge in [-0.05, 0) is 24.6 Å². The van der Waals surface area contributed by atoms with E-state index < -0.39 is 0 Å². The van der Waals surface area contributed by atoms with Gasteiger partial charge in [0.25, 0.3) is 0 Å². The topological polar surface area (TPSA) is 30.0 Å². The SMILES string of the molecule is CC(=O)Cc1ccc2nc(C(C)(C)C)sc2c1. The zero-order valence-corrected chi connectivity index (χ0v) is 11.5. The van der Waals surface area contributed by atoms with Crippen molar-refractivity contribution in [1.29, 1.82) is 0 Å². The number of thiazole rings is 1. The maximum atomic E-state index is 11.1. The number of hydrogen-bond acceptors (Lipinski definition) is 3. The van der Waals surface area contributed by atoms with E-state index in [1.807, 2.05) is 12.1 Å². The Morgan fingerprint density at radius 1 is 1.35 bits per heavy atom. The van der Waals surface area contributed by atoms with E-state index in [9.17, 15) is 4.79 Å². The second kappa shape index (κ2) is 4.22. The predicted octanol–water partition coefficient (Wildman–Crippen LogP) is 3.73.